The average Bonchev–Trinajstić information content (AvgIpc) is 1.69. The predicted molar refractivity (Wildman–Crippen MR) is 32.1 cm³/mol. The first-order valence-corrected chi connectivity index (χ1v) is 2.63. The van der Waals surface area contributed by atoms with Crippen molar-refractivity contribution in [2.75, 3.05) is 7.05 Å². The minimum Gasteiger partial charge on any atom is -0.278 e. The number of amides is 1. The second-order valence-corrected chi connectivity index (χ2v) is 1.83. The van der Waals surface area contributed by atoms with Gasteiger partial charge in [0.1, 0.15) is 0 Å². The number of nitrogens with one attached hydrogen (secondary N) is 1. The maximum absolute atomic E-state index is 10.0. The van der Waals surface area contributed by atoms with Crippen LogP contribution >= 0.6 is 0 Å². The summed E-state index contributed by atoms with van der Waals surface area (Å²) < 4.78 is 0. The Balaban J connectivity index is 3.51. The van der Waals surface area contributed by atoms with Gasteiger partial charge in [0.15, 0.2) is 0 Å². The van der Waals surface area contributed by atoms with Crippen LogP contribution in [0.4, 0.5) is 0 Å². The number of hydrogen-bond acceptors (Lipinski definition) is 2. The van der Waals surface area contributed by atoms with E-state index >= 15 is 0 Å². The van der Waals surface area contributed by atoms with E-state index in [2.05, 4.69) is 5.43 Å². The van der Waals surface area contributed by atoms with Gasteiger partial charge < -0.3 is 0 Å². The number of nitrogens with zero attached hydrogens (tertiary/aromatic N) is 1. The van der Waals surface area contributed by atoms with E-state index < -0.39 is 0 Å². The molecule has 8 heavy (non-hydrogen) atoms. The van der Waals surface area contributed by atoms with Gasteiger partial charge in [0.25, 0.3) is 0 Å². The molecule has 0 saturated heterocycles. The molecule has 3 heteroatoms. The van der Waals surface area contributed by atoms with Crippen molar-refractivity contribution in [2.45, 2.75) is 19.9 Å². The summed E-state index contributed by atoms with van der Waals surface area (Å²) in [5, 5.41) is 1.49. The molecule has 1 N–H and O–H groups in total. The summed E-state index contributed by atoms with van der Waals surface area (Å²) in [7, 11) is 1.72. The van der Waals surface area contributed by atoms with Gasteiger partial charge in [-0.15, -0.1) is 0 Å². The summed E-state index contributed by atoms with van der Waals surface area (Å²) in [6.07, 6.45) is 0.769. The van der Waals surface area contributed by atoms with Crippen LogP contribution in [-0.4, -0.2) is 24.5 Å². The lowest BCUT2D eigenvalue weighted by molar-refractivity contribution is -0.122. The van der Waals surface area contributed by atoms with E-state index in [1.54, 1.807) is 7.05 Å². The molecule has 3 nitrogen and oxygen atoms in total. The van der Waals surface area contributed by atoms with Crippen LogP contribution in [0.25, 0.3) is 0 Å². The molecule has 0 spiro atoms. The second-order valence-electron chi connectivity index (χ2n) is 1.83. The lowest BCUT2D eigenvalue weighted by Crippen LogP contribution is -2.39. The Bertz CT molecular complexity index is 72.8. The third-order valence-electron chi connectivity index (χ3n) is 0.928. The van der Waals surface area contributed by atoms with Gasteiger partial charge in [-0.2, -0.15) is 0 Å². The van der Waals surface area contributed by atoms with Crippen LogP contribution in [0.1, 0.15) is 13.8 Å². The van der Waals surface area contributed by atoms with Gasteiger partial charge in [-0.1, -0.05) is 0 Å². The van der Waals surface area contributed by atoms with Crippen molar-refractivity contribution in [1.82, 2.24) is 10.4 Å². The van der Waals surface area contributed by atoms with Crippen molar-refractivity contribution in [3.63, 3.8) is 0 Å². The Labute approximate surface area is 49.6 Å². The number of hydrogen-bond donors (Lipinski definition) is 1. The minimum absolute atomic E-state index is 0.234. The van der Waals surface area contributed by atoms with Crippen LogP contribution < -0.4 is 5.43 Å². The van der Waals surface area contributed by atoms with Crippen LogP contribution in [0, 0.1) is 0 Å². The van der Waals surface area contributed by atoms with Crippen molar-refractivity contribution < 1.29 is 4.79 Å². The van der Waals surface area contributed by atoms with Crippen molar-refractivity contribution in [1.29, 1.82) is 0 Å². The smallest absolute Gasteiger partial charge is 0.224 e. The zero-order valence-electron chi connectivity index (χ0n) is 5.51. The highest BCUT2D eigenvalue weighted by Crippen LogP contribution is 1.85. The van der Waals surface area contributed by atoms with E-state index in [9.17, 15) is 4.79 Å². The molecule has 0 fully saturated rings. The summed E-state index contributed by atoms with van der Waals surface area (Å²) >= 11 is 0. The molecule has 0 aliphatic heterocycles. The van der Waals surface area contributed by atoms with E-state index in [-0.39, 0.29) is 6.04 Å². The van der Waals surface area contributed by atoms with Gasteiger partial charge >= 0.3 is 0 Å². The molecule has 0 aliphatic rings. The predicted octanol–water partition coefficient (Wildman–Crippen LogP) is -0.0124. The Morgan fingerprint density at radius 3 is 2.12 bits per heavy atom. The van der Waals surface area contributed by atoms with Crippen LogP contribution in [0.5, 0.6) is 0 Å². The number of rotatable bonds is 3. The SMILES string of the molecule is CNN(C=O)C(C)C. The van der Waals surface area contributed by atoms with E-state index in [0.717, 1.165) is 6.41 Å². The highest BCUT2D eigenvalue weighted by Gasteiger charge is 1.99. The lowest BCUT2D eigenvalue weighted by Gasteiger charge is -2.18. The van der Waals surface area contributed by atoms with Gasteiger partial charge in [0.05, 0.1) is 0 Å². The Kier molecular flexibility index (Phi) is 3.19. The molecule has 0 radical (unpaired) electrons. The van der Waals surface area contributed by atoms with Gasteiger partial charge in [-0.25, -0.2) is 5.43 Å². The molecule has 0 heterocycles. The Morgan fingerprint density at radius 1 is 1.62 bits per heavy atom. The molecule has 0 atom stereocenters. The van der Waals surface area contributed by atoms with E-state index in [4.69, 9.17) is 0 Å². The molecule has 1 amide bonds. The first-order chi connectivity index (χ1) is 3.72. The topological polar surface area (TPSA) is 32.3 Å². The van der Waals surface area contributed by atoms with Gasteiger partial charge in [0.2, 0.25) is 6.41 Å². The number of carbonyl (C=O) groups is 1. The van der Waals surface area contributed by atoms with Crippen molar-refractivity contribution in [3.8, 4) is 0 Å². The van der Waals surface area contributed by atoms with Crippen molar-refractivity contribution in [3.05, 3.63) is 0 Å². The average molecular weight is 116 g/mol. The molecule has 0 aliphatic carbocycles. The zero-order chi connectivity index (χ0) is 6.57. The summed E-state index contributed by atoms with van der Waals surface area (Å²) in [4.78, 5) is 10.0. The monoisotopic (exact) mass is 116 g/mol. The molecule has 0 aromatic rings. The van der Waals surface area contributed by atoms with E-state index in [1.165, 1.54) is 5.01 Å². The van der Waals surface area contributed by atoms with Gasteiger partial charge in [-0.05, 0) is 13.8 Å². The molecule has 0 saturated carbocycles. The summed E-state index contributed by atoms with van der Waals surface area (Å²) in [5.74, 6) is 0. The van der Waals surface area contributed by atoms with Gasteiger partial charge in [0, 0.05) is 13.1 Å². The van der Waals surface area contributed by atoms with Crippen LogP contribution in [-0.2, 0) is 4.79 Å². The maximum Gasteiger partial charge on any atom is 0.224 e. The molecule has 0 rings (SSSR count). The van der Waals surface area contributed by atoms with Crippen LogP contribution in [0.3, 0.4) is 0 Å². The minimum atomic E-state index is 0.234. The summed E-state index contributed by atoms with van der Waals surface area (Å²) in [5.41, 5.74) is 2.72. The standard InChI is InChI=1S/C5H12N2O/c1-5(2)7(4-8)6-3/h4-6H,1-3H3. The van der Waals surface area contributed by atoms with E-state index in [0.29, 0.717) is 0 Å². The van der Waals surface area contributed by atoms with Crippen LogP contribution in [0.15, 0.2) is 0 Å². The fourth-order valence-corrected chi connectivity index (χ4v) is 0.433. The molecule has 0 aromatic carbocycles. The highest BCUT2D eigenvalue weighted by atomic mass is 16.1. The van der Waals surface area contributed by atoms with Crippen molar-refractivity contribution in [2.24, 2.45) is 0 Å². The quantitative estimate of drug-likeness (QED) is 0.415. The number of carbonyl (C=O) groups excluding carboxylic acids is 1. The fraction of sp³-hybridized carbons (Fsp3) is 0.800. The van der Waals surface area contributed by atoms with E-state index in [1.807, 2.05) is 13.8 Å². The molecule has 48 valence electrons. The van der Waals surface area contributed by atoms with Crippen LogP contribution in [0.2, 0.25) is 0 Å². The summed E-state index contributed by atoms with van der Waals surface area (Å²) in [6, 6.07) is 0.234. The first kappa shape index (κ1) is 7.43. The normalized spacial score (nSPS) is 9.50. The molecular formula is C5H12N2O. The molecule has 0 unspecified atom stereocenters. The lowest BCUT2D eigenvalue weighted by atomic mass is 10.4. The first-order valence-electron chi connectivity index (χ1n) is 2.63. The fourth-order valence-electron chi connectivity index (χ4n) is 0.433. The largest absolute Gasteiger partial charge is 0.278 e. The third kappa shape index (κ3) is 1.93. The van der Waals surface area contributed by atoms with Crippen molar-refractivity contribution >= 4 is 6.41 Å². The molecule has 0 aromatic heterocycles. The third-order valence-corrected chi connectivity index (χ3v) is 0.928. The molecular weight excluding hydrogens is 104 g/mol. The Morgan fingerprint density at radius 2 is 2.12 bits per heavy atom. The molecule has 0 bridgehead atoms. The van der Waals surface area contributed by atoms with Gasteiger partial charge in [-0.3, -0.25) is 9.80 Å². The maximum atomic E-state index is 10.0. The Hall–Kier alpha value is -0.570. The number of hydrazine groups is 1. The summed E-state index contributed by atoms with van der Waals surface area (Å²) in [6.45, 7) is 3.87. The second kappa shape index (κ2) is 3.43. The zero-order valence-corrected chi connectivity index (χ0v) is 5.51. The highest BCUT2D eigenvalue weighted by molar-refractivity contribution is 5.46.